The Morgan fingerprint density at radius 3 is 2.71 bits per heavy atom. The molecule has 1 atom stereocenters. The fraction of sp³-hybridized carbons (Fsp3) is 0.522. The number of methoxy groups -OCH3 is 2. The SMILES string of the molecule is CCc1ccc(C2CCCCCN2C(=O)CCc2cccc(OC)c2OC)o1. The van der Waals surface area contributed by atoms with Crippen molar-refractivity contribution in [2.75, 3.05) is 20.8 Å². The molecule has 5 nitrogen and oxygen atoms in total. The molecule has 1 fully saturated rings. The molecule has 2 heterocycles. The normalized spacial score (nSPS) is 17.2. The van der Waals surface area contributed by atoms with E-state index < -0.39 is 0 Å². The summed E-state index contributed by atoms with van der Waals surface area (Å²) in [5.74, 6) is 3.48. The van der Waals surface area contributed by atoms with Gasteiger partial charge in [-0.2, -0.15) is 0 Å². The molecule has 2 aromatic rings. The van der Waals surface area contributed by atoms with Crippen molar-refractivity contribution in [1.29, 1.82) is 0 Å². The predicted octanol–water partition coefficient (Wildman–Crippen LogP) is 4.94. The summed E-state index contributed by atoms with van der Waals surface area (Å²) in [5.41, 5.74) is 0.993. The molecule has 1 unspecified atom stereocenters. The zero-order valence-corrected chi connectivity index (χ0v) is 17.2. The van der Waals surface area contributed by atoms with Gasteiger partial charge in [-0.15, -0.1) is 0 Å². The smallest absolute Gasteiger partial charge is 0.223 e. The highest BCUT2D eigenvalue weighted by atomic mass is 16.5. The lowest BCUT2D eigenvalue weighted by Gasteiger charge is -2.29. The fourth-order valence-corrected chi connectivity index (χ4v) is 4.00. The third-order valence-corrected chi connectivity index (χ3v) is 5.53. The summed E-state index contributed by atoms with van der Waals surface area (Å²) >= 11 is 0. The van der Waals surface area contributed by atoms with Crippen molar-refractivity contribution in [3.63, 3.8) is 0 Å². The van der Waals surface area contributed by atoms with Crippen molar-refractivity contribution < 1.29 is 18.7 Å². The average molecular weight is 386 g/mol. The Morgan fingerprint density at radius 1 is 1.14 bits per heavy atom. The molecule has 1 saturated heterocycles. The first kappa shape index (κ1) is 20.3. The minimum Gasteiger partial charge on any atom is -0.493 e. The van der Waals surface area contributed by atoms with Gasteiger partial charge in [-0.1, -0.05) is 31.9 Å². The number of hydrogen-bond acceptors (Lipinski definition) is 4. The first-order chi connectivity index (χ1) is 13.7. The Bertz CT molecular complexity index is 783. The first-order valence-electron chi connectivity index (χ1n) is 10.3. The molecule has 0 saturated carbocycles. The predicted molar refractivity (Wildman–Crippen MR) is 109 cm³/mol. The standard InChI is InChI=1S/C23H31NO4/c1-4-18-13-14-20(28-18)19-10-6-5-7-16-24(19)22(25)15-12-17-9-8-11-21(26-2)23(17)27-3/h8-9,11,13-14,19H,4-7,10,12,15-16H2,1-3H3. The highest BCUT2D eigenvalue weighted by molar-refractivity contribution is 5.77. The molecule has 1 aliphatic rings. The van der Waals surface area contributed by atoms with Crippen molar-refractivity contribution >= 4 is 5.91 Å². The number of ether oxygens (including phenoxy) is 2. The average Bonchev–Trinajstić information content (AvgIpc) is 3.07. The van der Waals surface area contributed by atoms with Crippen molar-refractivity contribution in [2.45, 2.75) is 57.9 Å². The lowest BCUT2D eigenvalue weighted by molar-refractivity contribution is -0.134. The van der Waals surface area contributed by atoms with Gasteiger partial charge >= 0.3 is 0 Å². The number of amides is 1. The molecule has 3 rings (SSSR count). The van der Waals surface area contributed by atoms with Crippen LogP contribution in [-0.4, -0.2) is 31.6 Å². The van der Waals surface area contributed by atoms with Crippen LogP contribution in [0, 0.1) is 0 Å². The molecule has 0 N–H and O–H groups in total. The zero-order valence-electron chi connectivity index (χ0n) is 17.2. The van der Waals surface area contributed by atoms with E-state index in [-0.39, 0.29) is 11.9 Å². The lowest BCUT2D eigenvalue weighted by Crippen LogP contribution is -2.34. The molecule has 28 heavy (non-hydrogen) atoms. The van der Waals surface area contributed by atoms with E-state index in [1.165, 1.54) is 0 Å². The Morgan fingerprint density at radius 2 is 2.00 bits per heavy atom. The summed E-state index contributed by atoms with van der Waals surface area (Å²) in [4.78, 5) is 15.2. The van der Waals surface area contributed by atoms with Crippen LogP contribution in [0.15, 0.2) is 34.7 Å². The van der Waals surface area contributed by atoms with E-state index in [4.69, 9.17) is 13.9 Å². The second-order valence-corrected chi connectivity index (χ2v) is 7.26. The van der Waals surface area contributed by atoms with Crippen LogP contribution < -0.4 is 9.47 Å². The molecule has 1 aliphatic heterocycles. The number of furan rings is 1. The highest BCUT2D eigenvalue weighted by Gasteiger charge is 2.29. The van der Waals surface area contributed by atoms with E-state index >= 15 is 0 Å². The maximum absolute atomic E-state index is 13.2. The van der Waals surface area contributed by atoms with Crippen molar-refractivity contribution in [3.8, 4) is 11.5 Å². The molecular weight excluding hydrogens is 354 g/mol. The minimum absolute atomic E-state index is 0.0440. The van der Waals surface area contributed by atoms with E-state index in [0.717, 1.165) is 55.7 Å². The van der Waals surface area contributed by atoms with Gasteiger partial charge in [0.15, 0.2) is 11.5 Å². The van der Waals surface area contributed by atoms with Gasteiger partial charge in [0.05, 0.1) is 20.3 Å². The number of nitrogens with zero attached hydrogens (tertiary/aromatic N) is 1. The summed E-state index contributed by atoms with van der Waals surface area (Å²) in [6, 6.07) is 9.92. The quantitative estimate of drug-likeness (QED) is 0.678. The number of para-hydroxylation sites is 1. The van der Waals surface area contributed by atoms with Gasteiger partial charge in [0.25, 0.3) is 0 Å². The third kappa shape index (κ3) is 4.51. The number of hydrogen-bond donors (Lipinski definition) is 0. The number of rotatable bonds is 7. The van der Waals surface area contributed by atoms with Gasteiger partial charge < -0.3 is 18.8 Å². The summed E-state index contributed by atoms with van der Waals surface area (Å²) in [5, 5.41) is 0. The summed E-state index contributed by atoms with van der Waals surface area (Å²) in [6.45, 7) is 2.88. The van der Waals surface area contributed by atoms with Crippen LogP contribution >= 0.6 is 0 Å². The topological polar surface area (TPSA) is 51.9 Å². The molecule has 1 aromatic carbocycles. The zero-order chi connectivity index (χ0) is 19.9. The summed E-state index contributed by atoms with van der Waals surface area (Å²) in [6.07, 6.45) is 6.24. The van der Waals surface area contributed by atoms with Crippen LogP contribution in [0.5, 0.6) is 11.5 Å². The second-order valence-electron chi connectivity index (χ2n) is 7.26. The van der Waals surface area contributed by atoms with Crippen LogP contribution in [0.1, 0.15) is 62.2 Å². The van der Waals surface area contributed by atoms with E-state index in [2.05, 4.69) is 6.92 Å². The minimum atomic E-state index is 0.0440. The number of benzene rings is 1. The second kappa shape index (κ2) is 9.67. The molecule has 1 aromatic heterocycles. The van der Waals surface area contributed by atoms with E-state index in [0.29, 0.717) is 24.3 Å². The largest absolute Gasteiger partial charge is 0.493 e. The van der Waals surface area contributed by atoms with Gasteiger partial charge in [-0.05, 0) is 43.0 Å². The van der Waals surface area contributed by atoms with Crippen LogP contribution in [0.2, 0.25) is 0 Å². The first-order valence-corrected chi connectivity index (χ1v) is 10.3. The van der Waals surface area contributed by atoms with Crippen LogP contribution in [0.25, 0.3) is 0 Å². The fourth-order valence-electron chi connectivity index (χ4n) is 4.00. The molecule has 152 valence electrons. The molecule has 0 spiro atoms. The van der Waals surface area contributed by atoms with Crippen LogP contribution in [0.4, 0.5) is 0 Å². The van der Waals surface area contributed by atoms with Crippen molar-refractivity contribution in [1.82, 2.24) is 4.90 Å². The molecule has 0 aliphatic carbocycles. The van der Waals surface area contributed by atoms with Gasteiger partial charge in [-0.3, -0.25) is 4.79 Å². The number of carbonyl (C=O) groups excluding carboxylic acids is 1. The van der Waals surface area contributed by atoms with Crippen molar-refractivity contribution in [3.05, 3.63) is 47.4 Å². The molecule has 5 heteroatoms. The van der Waals surface area contributed by atoms with Crippen molar-refractivity contribution in [2.24, 2.45) is 0 Å². The van der Waals surface area contributed by atoms with Gasteiger partial charge in [0, 0.05) is 19.4 Å². The van der Waals surface area contributed by atoms with Gasteiger partial charge in [0.2, 0.25) is 5.91 Å². The van der Waals surface area contributed by atoms with E-state index in [9.17, 15) is 4.79 Å². The Hall–Kier alpha value is -2.43. The van der Waals surface area contributed by atoms with Crippen LogP contribution in [0.3, 0.4) is 0 Å². The maximum Gasteiger partial charge on any atom is 0.223 e. The summed E-state index contributed by atoms with van der Waals surface area (Å²) < 4.78 is 16.9. The van der Waals surface area contributed by atoms with E-state index in [1.54, 1.807) is 14.2 Å². The molecule has 0 bridgehead atoms. The summed E-state index contributed by atoms with van der Waals surface area (Å²) in [7, 11) is 3.26. The maximum atomic E-state index is 13.2. The Labute approximate surface area is 167 Å². The Kier molecular flexibility index (Phi) is 7.01. The lowest BCUT2D eigenvalue weighted by atomic mass is 10.0. The third-order valence-electron chi connectivity index (χ3n) is 5.53. The Balaban J connectivity index is 1.74. The molecule has 1 amide bonds. The molecular formula is C23H31NO4. The molecule has 0 radical (unpaired) electrons. The van der Waals surface area contributed by atoms with Gasteiger partial charge in [-0.25, -0.2) is 0 Å². The monoisotopic (exact) mass is 385 g/mol. The number of aryl methyl sites for hydroxylation is 2. The highest BCUT2D eigenvalue weighted by Crippen LogP contribution is 2.34. The number of carbonyl (C=O) groups is 1. The van der Waals surface area contributed by atoms with Gasteiger partial charge in [0.1, 0.15) is 11.5 Å². The van der Waals surface area contributed by atoms with Crippen LogP contribution in [-0.2, 0) is 17.6 Å². The number of likely N-dealkylation sites (tertiary alicyclic amines) is 1. The van der Waals surface area contributed by atoms with E-state index in [1.807, 2.05) is 35.2 Å².